The number of hydrogen-bond donors (Lipinski definition) is 2. The van der Waals surface area contributed by atoms with Crippen molar-refractivity contribution >= 4 is 23.7 Å². The number of hydrazone groups is 1. The summed E-state index contributed by atoms with van der Waals surface area (Å²) in [7, 11) is 3.03. The van der Waals surface area contributed by atoms with Crippen molar-refractivity contribution in [1.82, 2.24) is 5.43 Å². The van der Waals surface area contributed by atoms with Crippen LogP contribution in [0.15, 0.2) is 47.6 Å². The van der Waals surface area contributed by atoms with Gasteiger partial charge < -0.3 is 19.5 Å². The van der Waals surface area contributed by atoms with Gasteiger partial charge in [-0.3, -0.25) is 9.59 Å². The van der Waals surface area contributed by atoms with Gasteiger partial charge in [0.05, 0.1) is 20.4 Å². The Morgan fingerprint density at radius 2 is 1.93 bits per heavy atom. The van der Waals surface area contributed by atoms with Crippen LogP contribution in [0, 0.1) is 12.3 Å². The molecule has 2 rings (SSSR count). The van der Waals surface area contributed by atoms with E-state index >= 15 is 0 Å². The predicted octanol–water partition coefficient (Wildman–Crippen LogP) is 2.19. The normalized spacial score (nSPS) is 10.1. The molecule has 0 radical (unpaired) electrons. The van der Waals surface area contributed by atoms with Crippen molar-refractivity contribution in [2.24, 2.45) is 5.10 Å². The number of benzene rings is 2. The van der Waals surface area contributed by atoms with Crippen LogP contribution in [0.3, 0.4) is 0 Å². The average molecular weight is 395 g/mol. The van der Waals surface area contributed by atoms with Crippen molar-refractivity contribution in [1.29, 1.82) is 0 Å². The fraction of sp³-hybridized carbons (Fsp3) is 0.190. The highest BCUT2D eigenvalue weighted by molar-refractivity contribution is 6.03. The largest absolute Gasteiger partial charge is 0.497 e. The number of carbonyl (C=O) groups excluding carboxylic acids is 2. The summed E-state index contributed by atoms with van der Waals surface area (Å²) in [5, 5.41) is 6.46. The van der Waals surface area contributed by atoms with E-state index in [1.165, 1.54) is 20.4 Å². The van der Waals surface area contributed by atoms with Crippen molar-refractivity contribution in [3.63, 3.8) is 0 Å². The number of ether oxygens (including phenoxy) is 3. The molecule has 0 heterocycles. The van der Waals surface area contributed by atoms with Crippen LogP contribution >= 0.6 is 0 Å². The molecule has 150 valence electrons. The molecule has 0 spiro atoms. The molecule has 2 amide bonds. The predicted molar refractivity (Wildman–Crippen MR) is 109 cm³/mol. The molecular weight excluding hydrogens is 374 g/mol. The topological polar surface area (TPSA) is 98.2 Å². The number of anilines is 1. The van der Waals surface area contributed by atoms with Gasteiger partial charge in [-0.1, -0.05) is 12.0 Å². The highest BCUT2D eigenvalue weighted by Gasteiger charge is 2.09. The second kappa shape index (κ2) is 11.0. The molecule has 0 fully saturated rings. The summed E-state index contributed by atoms with van der Waals surface area (Å²) in [5.41, 5.74) is 3.50. The van der Waals surface area contributed by atoms with E-state index in [1.54, 1.807) is 42.5 Å². The van der Waals surface area contributed by atoms with Crippen LogP contribution < -0.4 is 25.0 Å². The monoisotopic (exact) mass is 395 g/mol. The van der Waals surface area contributed by atoms with Crippen LogP contribution in [-0.2, 0) is 9.59 Å². The van der Waals surface area contributed by atoms with E-state index in [9.17, 15) is 9.59 Å². The highest BCUT2D eigenvalue weighted by atomic mass is 16.5. The van der Waals surface area contributed by atoms with Gasteiger partial charge in [0.25, 0.3) is 0 Å². The number of hydrogen-bond acceptors (Lipinski definition) is 6. The average Bonchev–Trinajstić information content (AvgIpc) is 2.72. The quantitative estimate of drug-likeness (QED) is 0.294. The molecule has 29 heavy (non-hydrogen) atoms. The SMILES string of the molecule is C#CCOc1ccc(C=NNC(=O)CC(=O)Nc2cccc(OC)c2)cc1OC. The maximum Gasteiger partial charge on any atom is 0.249 e. The first-order valence-corrected chi connectivity index (χ1v) is 8.56. The molecule has 0 saturated heterocycles. The molecule has 0 unspecified atom stereocenters. The fourth-order valence-corrected chi connectivity index (χ4v) is 2.27. The zero-order chi connectivity index (χ0) is 21.1. The molecule has 0 aliphatic heterocycles. The Labute approximate surface area is 168 Å². The third kappa shape index (κ3) is 6.92. The van der Waals surface area contributed by atoms with Gasteiger partial charge in [-0.05, 0) is 35.9 Å². The molecule has 0 saturated carbocycles. The molecule has 8 heteroatoms. The minimum atomic E-state index is -0.553. The van der Waals surface area contributed by atoms with Crippen LogP contribution in [0.1, 0.15) is 12.0 Å². The molecule has 0 aliphatic carbocycles. The highest BCUT2D eigenvalue weighted by Crippen LogP contribution is 2.27. The van der Waals surface area contributed by atoms with Gasteiger partial charge in [0.15, 0.2) is 11.5 Å². The summed E-state index contributed by atoms with van der Waals surface area (Å²) in [6.45, 7) is 0.123. The zero-order valence-corrected chi connectivity index (χ0v) is 16.1. The van der Waals surface area contributed by atoms with E-state index in [-0.39, 0.29) is 13.0 Å². The smallest absolute Gasteiger partial charge is 0.249 e. The van der Waals surface area contributed by atoms with Crippen LogP contribution in [0.25, 0.3) is 0 Å². The standard InChI is InChI=1S/C21H21N3O5/c1-4-10-29-18-9-8-15(11-19(18)28-3)14-22-24-21(26)13-20(25)23-16-6-5-7-17(12-16)27-2/h1,5-9,11-12,14H,10,13H2,2-3H3,(H,23,25)(H,24,26). The molecule has 0 aromatic heterocycles. The zero-order valence-electron chi connectivity index (χ0n) is 16.1. The number of carbonyl (C=O) groups is 2. The molecule has 2 aromatic rings. The minimum absolute atomic E-state index is 0.123. The van der Waals surface area contributed by atoms with E-state index in [4.69, 9.17) is 20.6 Å². The molecule has 0 bridgehead atoms. The first kappa shape index (κ1) is 21.3. The summed E-state index contributed by atoms with van der Waals surface area (Å²) in [4.78, 5) is 23.8. The number of methoxy groups -OCH3 is 2. The first-order chi connectivity index (χ1) is 14.0. The lowest BCUT2D eigenvalue weighted by Gasteiger charge is -2.09. The van der Waals surface area contributed by atoms with Crippen molar-refractivity contribution in [3.8, 4) is 29.6 Å². The maximum absolute atomic E-state index is 12.0. The van der Waals surface area contributed by atoms with Gasteiger partial charge in [0, 0.05) is 11.8 Å². The van der Waals surface area contributed by atoms with Crippen LogP contribution in [-0.4, -0.2) is 38.9 Å². The van der Waals surface area contributed by atoms with E-state index in [2.05, 4.69) is 21.8 Å². The Bertz CT molecular complexity index is 934. The van der Waals surface area contributed by atoms with Crippen LogP contribution in [0.5, 0.6) is 17.2 Å². The Morgan fingerprint density at radius 1 is 1.10 bits per heavy atom. The molecule has 2 aromatic carbocycles. The van der Waals surface area contributed by atoms with Gasteiger partial charge in [-0.25, -0.2) is 5.43 Å². The second-order valence-electron chi connectivity index (χ2n) is 5.65. The van der Waals surface area contributed by atoms with Gasteiger partial charge in [0.2, 0.25) is 11.8 Å². The Kier molecular flexibility index (Phi) is 8.08. The van der Waals surface area contributed by atoms with Crippen LogP contribution in [0.2, 0.25) is 0 Å². The summed E-state index contributed by atoms with van der Waals surface area (Å²) in [5.74, 6) is 2.93. The summed E-state index contributed by atoms with van der Waals surface area (Å²) < 4.78 is 15.7. The second-order valence-corrected chi connectivity index (χ2v) is 5.65. The Hall–Kier alpha value is -3.99. The lowest BCUT2D eigenvalue weighted by molar-refractivity contribution is -0.126. The number of nitrogens with one attached hydrogen (secondary N) is 2. The van der Waals surface area contributed by atoms with E-state index in [1.807, 2.05) is 0 Å². The molecule has 0 aliphatic rings. The van der Waals surface area contributed by atoms with E-state index < -0.39 is 11.8 Å². The lowest BCUT2D eigenvalue weighted by Crippen LogP contribution is -2.24. The molecular formula is C21H21N3O5. The van der Waals surface area contributed by atoms with Gasteiger partial charge in [-0.15, -0.1) is 6.42 Å². The van der Waals surface area contributed by atoms with Crippen molar-refractivity contribution < 1.29 is 23.8 Å². The Morgan fingerprint density at radius 3 is 2.66 bits per heavy atom. The fourth-order valence-electron chi connectivity index (χ4n) is 2.27. The third-order valence-corrected chi connectivity index (χ3v) is 3.58. The summed E-state index contributed by atoms with van der Waals surface area (Å²) >= 11 is 0. The molecule has 8 nitrogen and oxygen atoms in total. The van der Waals surface area contributed by atoms with E-state index in [0.29, 0.717) is 28.5 Å². The lowest BCUT2D eigenvalue weighted by atomic mass is 10.2. The number of nitrogens with zero attached hydrogens (tertiary/aromatic N) is 1. The van der Waals surface area contributed by atoms with Gasteiger partial charge >= 0.3 is 0 Å². The number of amides is 2. The first-order valence-electron chi connectivity index (χ1n) is 8.56. The van der Waals surface area contributed by atoms with Crippen molar-refractivity contribution in [2.45, 2.75) is 6.42 Å². The van der Waals surface area contributed by atoms with Crippen molar-refractivity contribution in [2.75, 3.05) is 26.1 Å². The Balaban J connectivity index is 1.87. The van der Waals surface area contributed by atoms with Gasteiger partial charge in [-0.2, -0.15) is 5.10 Å². The van der Waals surface area contributed by atoms with E-state index in [0.717, 1.165) is 0 Å². The number of rotatable bonds is 9. The van der Waals surface area contributed by atoms with Gasteiger partial charge in [0.1, 0.15) is 18.8 Å². The summed E-state index contributed by atoms with van der Waals surface area (Å²) in [6.07, 6.45) is 6.21. The molecule has 2 N–H and O–H groups in total. The minimum Gasteiger partial charge on any atom is -0.497 e. The maximum atomic E-state index is 12.0. The molecule has 0 atom stereocenters. The summed E-state index contributed by atoms with van der Waals surface area (Å²) in [6, 6.07) is 11.9. The third-order valence-electron chi connectivity index (χ3n) is 3.58. The number of terminal acetylenes is 1. The van der Waals surface area contributed by atoms with Crippen molar-refractivity contribution in [3.05, 3.63) is 48.0 Å². The van der Waals surface area contributed by atoms with Crippen LogP contribution in [0.4, 0.5) is 5.69 Å².